The van der Waals surface area contributed by atoms with Crippen molar-refractivity contribution in [2.75, 3.05) is 20.1 Å². The van der Waals surface area contributed by atoms with Gasteiger partial charge in [-0.15, -0.1) is 0 Å². The lowest BCUT2D eigenvalue weighted by Gasteiger charge is -2.46. The quantitative estimate of drug-likeness (QED) is 0.725. The summed E-state index contributed by atoms with van der Waals surface area (Å²) in [6, 6.07) is -0.149. The maximum absolute atomic E-state index is 12.4. The van der Waals surface area contributed by atoms with Crippen molar-refractivity contribution in [3.05, 3.63) is 0 Å². The predicted molar refractivity (Wildman–Crippen MR) is 69.8 cm³/mol. The van der Waals surface area contributed by atoms with E-state index in [0.29, 0.717) is 0 Å². The van der Waals surface area contributed by atoms with Gasteiger partial charge in [0.15, 0.2) is 0 Å². The van der Waals surface area contributed by atoms with Gasteiger partial charge in [-0.1, -0.05) is 20.8 Å². The average molecular weight is 268 g/mol. The van der Waals surface area contributed by atoms with Gasteiger partial charge in [0.05, 0.1) is 0 Å². The van der Waals surface area contributed by atoms with Gasteiger partial charge in [-0.25, -0.2) is 0 Å². The summed E-state index contributed by atoms with van der Waals surface area (Å²) < 4.78 is 37.1. The summed E-state index contributed by atoms with van der Waals surface area (Å²) in [7, 11) is 1.75. The first-order valence-corrected chi connectivity index (χ1v) is 6.74. The molecule has 2 nitrogen and oxygen atoms in total. The molecule has 1 N–H and O–H groups in total. The standard InChI is InChI=1S/C13H27F3N2/c1-6-12(4,18(7-2)8-3)11(17-5)9-10-13(14,15)16/h11,17H,6-10H2,1-5H3. The van der Waals surface area contributed by atoms with Crippen molar-refractivity contribution in [1.82, 2.24) is 10.2 Å². The molecule has 0 saturated heterocycles. The molecule has 0 bridgehead atoms. The Hall–Kier alpha value is -0.290. The molecule has 110 valence electrons. The molecule has 5 heteroatoms. The van der Waals surface area contributed by atoms with Crippen molar-refractivity contribution in [1.29, 1.82) is 0 Å². The summed E-state index contributed by atoms with van der Waals surface area (Å²) in [6.45, 7) is 9.89. The molecule has 0 rings (SSSR count). The molecular formula is C13H27F3N2. The topological polar surface area (TPSA) is 15.3 Å². The molecule has 2 atom stereocenters. The highest BCUT2D eigenvalue weighted by atomic mass is 19.4. The lowest BCUT2D eigenvalue weighted by molar-refractivity contribution is -0.138. The highest BCUT2D eigenvalue weighted by Gasteiger charge is 2.38. The number of nitrogens with zero attached hydrogens (tertiary/aromatic N) is 1. The molecule has 0 spiro atoms. The zero-order valence-corrected chi connectivity index (χ0v) is 12.2. The Kier molecular flexibility index (Phi) is 7.22. The zero-order chi connectivity index (χ0) is 14.4. The molecule has 0 aromatic rings. The van der Waals surface area contributed by atoms with E-state index in [1.165, 1.54) is 0 Å². The molecule has 0 aliphatic carbocycles. The van der Waals surface area contributed by atoms with Crippen LogP contribution < -0.4 is 5.32 Å². The zero-order valence-electron chi connectivity index (χ0n) is 12.2. The van der Waals surface area contributed by atoms with Gasteiger partial charge in [0, 0.05) is 18.0 Å². The first-order chi connectivity index (χ1) is 8.25. The second kappa shape index (κ2) is 7.34. The number of hydrogen-bond donors (Lipinski definition) is 1. The number of rotatable bonds is 8. The second-order valence-electron chi connectivity index (χ2n) is 4.88. The Bertz CT molecular complexity index is 227. The summed E-state index contributed by atoms with van der Waals surface area (Å²) in [5.41, 5.74) is -0.233. The molecule has 2 unspecified atom stereocenters. The van der Waals surface area contributed by atoms with Crippen molar-refractivity contribution in [3.8, 4) is 0 Å². The molecule has 0 aromatic heterocycles. The molecule has 0 radical (unpaired) electrons. The van der Waals surface area contributed by atoms with E-state index in [-0.39, 0.29) is 18.0 Å². The van der Waals surface area contributed by atoms with E-state index >= 15 is 0 Å². The Morgan fingerprint density at radius 1 is 1.11 bits per heavy atom. The third-order valence-corrected chi connectivity index (χ3v) is 4.02. The highest BCUT2D eigenvalue weighted by Crippen LogP contribution is 2.30. The lowest BCUT2D eigenvalue weighted by atomic mass is 9.84. The third-order valence-electron chi connectivity index (χ3n) is 4.02. The molecule has 0 saturated carbocycles. The minimum Gasteiger partial charge on any atom is -0.315 e. The third kappa shape index (κ3) is 4.76. The van der Waals surface area contributed by atoms with E-state index in [2.05, 4.69) is 17.1 Å². The monoisotopic (exact) mass is 268 g/mol. The predicted octanol–water partition coefficient (Wildman–Crippen LogP) is 3.43. The van der Waals surface area contributed by atoms with Crippen LogP contribution in [0.2, 0.25) is 0 Å². The fourth-order valence-corrected chi connectivity index (χ4v) is 2.71. The SMILES string of the molecule is CCN(CC)C(C)(CC)C(CCC(F)(F)F)NC. The van der Waals surface area contributed by atoms with Crippen LogP contribution in [-0.4, -0.2) is 42.8 Å². The van der Waals surface area contributed by atoms with Crippen molar-refractivity contribution in [3.63, 3.8) is 0 Å². The Morgan fingerprint density at radius 2 is 1.61 bits per heavy atom. The smallest absolute Gasteiger partial charge is 0.315 e. The molecular weight excluding hydrogens is 241 g/mol. The van der Waals surface area contributed by atoms with Crippen LogP contribution >= 0.6 is 0 Å². The fourth-order valence-electron chi connectivity index (χ4n) is 2.71. The first-order valence-electron chi connectivity index (χ1n) is 6.74. The fraction of sp³-hybridized carbons (Fsp3) is 1.00. The Morgan fingerprint density at radius 3 is 1.89 bits per heavy atom. The van der Waals surface area contributed by atoms with Gasteiger partial charge in [-0.05, 0) is 39.9 Å². The molecule has 18 heavy (non-hydrogen) atoms. The summed E-state index contributed by atoms with van der Waals surface area (Å²) >= 11 is 0. The Balaban J connectivity index is 4.84. The highest BCUT2D eigenvalue weighted by molar-refractivity contribution is 4.95. The first kappa shape index (κ1) is 17.7. The van der Waals surface area contributed by atoms with Crippen LogP contribution in [0.1, 0.15) is 47.0 Å². The normalized spacial score (nSPS) is 17.8. The van der Waals surface area contributed by atoms with Crippen LogP contribution in [-0.2, 0) is 0 Å². The van der Waals surface area contributed by atoms with E-state index < -0.39 is 12.6 Å². The second-order valence-corrected chi connectivity index (χ2v) is 4.88. The summed E-state index contributed by atoms with van der Waals surface area (Å²) in [5.74, 6) is 0. The van der Waals surface area contributed by atoms with E-state index in [1.807, 2.05) is 20.8 Å². The van der Waals surface area contributed by atoms with E-state index in [4.69, 9.17) is 0 Å². The van der Waals surface area contributed by atoms with Gasteiger partial charge in [-0.3, -0.25) is 4.90 Å². The summed E-state index contributed by atoms with van der Waals surface area (Å²) in [6.07, 6.45) is -3.85. The van der Waals surface area contributed by atoms with E-state index in [9.17, 15) is 13.2 Å². The van der Waals surface area contributed by atoms with E-state index in [0.717, 1.165) is 19.5 Å². The number of nitrogens with one attached hydrogen (secondary N) is 1. The van der Waals surface area contributed by atoms with Crippen molar-refractivity contribution >= 4 is 0 Å². The minimum atomic E-state index is -4.08. The maximum Gasteiger partial charge on any atom is 0.389 e. The largest absolute Gasteiger partial charge is 0.389 e. The van der Waals surface area contributed by atoms with Gasteiger partial charge < -0.3 is 5.32 Å². The number of likely N-dealkylation sites (N-methyl/N-ethyl adjacent to an activating group) is 2. The van der Waals surface area contributed by atoms with Crippen LogP contribution in [0.5, 0.6) is 0 Å². The van der Waals surface area contributed by atoms with Crippen molar-refractivity contribution in [2.24, 2.45) is 0 Å². The summed E-state index contributed by atoms with van der Waals surface area (Å²) in [4.78, 5) is 2.24. The van der Waals surface area contributed by atoms with Crippen LogP contribution in [0.15, 0.2) is 0 Å². The van der Waals surface area contributed by atoms with Gasteiger partial charge in [-0.2, -0.15) is 13.2 Å². The van der Waals surface area contributed by atoms with Crippen LogP contribution in [0.4, 0.5) is 13.2 Å². The van der Waals surface area contributed by atoms with Gasteiger partial charge in [0.2, 0.25) is 0 Å². The minimum absolute atomic E-state index is 0.126. The molecule has 0 heterocycles. The van der Waals surface area contributed by atoms with Gasteiger partial charge in [0.1, 0.15) is 0 Å². The van der Waals surface area contributed by atoms with Gasteiger partial charge in [0.25, 0.3) is 0 Å². The lowest BCUT2D eigenvalue weighted by Crippen LogP contribution is -2.58. The van der Waals surface area contributed by atoms with Crippen LogP contribution in [0.3, 0.4) is 0 Å². The average Bonchev–Trinajstić information content (AvgIpc) is 2.29. The van der Waals surface area contributed by atoms with Crippen molar-refractivity contribution in [2.45, 2.75) is 64.7 Å². The Labute approximate surface area is 109 Å². The maximum atomic E-state index is 12.4. The van der Waals surface area contributed by atoms with Gasteiger partial charge >= 0.3 is 6.18 Å². The molecule has 0 fully saturated rings. The molecule has 0 aliphatic heterocycles. The molecule has 0 aliphatic rings. The number of hydrogen-bond acceptors (Lipinski definition) is 2. The van der Waals surface area contributed by atoms with Crippen molar-refractivity contribution < 1.29 is 13.2 Å². The summed E-state index contributed by atoms with van der Waals surface area (Å²) in [5, 5.41) is 3.07. The van der Waals surface area contributed by atoms with Crippen LogP contribution in [0, 0.1) is 0 Å². The number of alkyl halides is 3. The van der Waals surface area contributed by atoms with Crippen LogP contribution in [0.25, 0.3) is 0 Å². The molecule has 0 aromatic carbocycles. The van der Waals surface area contributed by atoms with E-state index in [1.54, 1.807) is 7.05 Å². The molecule has 0 amide bonds. The number of halogens is 3.